The van der Waals surface area contributed by atoms with Gasteiger partial charge in [0.1, 0.15) is 5.82 Å². The van der Waals surface area contributed by atoms with Crippen LogP contribution in [0.4, 0.5) is 10.6 Å². The van der Waals surface area contributed by atoms with Gasteiger partial charge >= 0.3 is 6.03 Å². The quantitative estimate of drug-likeness (QED) is 0.883. The van der Waals surface area contributed by atoms with Gasteiger partial charge in [-0.1, -0.05) is 0 Å². The smallest absolute Gasteiger partial charge is 0.317 e. The van der Waals surface area contributed by atoms with Crippen LogP contribution in [0.1, 0.15) is 25.3 Å². The Balaban J connectivity index is 1.82. The van der Waals surface area contributed by atoms with E-state index >= 15 is 0 Å². The van der Waals surface area contributed by atoms with Crippen LogP contribution < -0.4 is 10.2 Å². The molecular weight excluding hydrogens is 280 g/mol. The number of anilines is 1. The Morgan fingerprint density at radius 1 is 1.50 bits per heavy atom. The Morgan fingerprint density at radius 3 is 2.77 bits per heavy atom. The van der Waals surface area contributed by atoms with Crippen LogP contribution in [0.2, 0.25) is 0 Å². The largest absolute Gasteiger partial charge is 0.393 e. The van der Waals surface area contributed by atoms with E-state index in [0.717, 1.165) is 24.2 Å². The molecule has 6 heteroatoms. The molecule has 1 atom stereocenters. The van der Waals surface area contributed by atoms with E-state index in [1.54, 1.807) is 6.20 Å². The SMILES string of the molecule is CC(O)C1CCN(C(=O)NCc2ccnc(N(C)C)c2)CC1. The molecule has 2 amide bonds. The maximum atomic E-state index is 12.2. The Labute approximate surface area is 132 Å². The highest BCUT2D eigenvalue weighted by Crippen LogP contribution is 2.20. The molecule has 2 heterocycles. The Hall–Kier alpha value is -1.82. The summed E-state index contributed by atoms with van der Waals surface area (Å²) >= 11 is 0. The molecule has 1 unspecified atom stereocenters. The maximum Gasteiger partial charge on any atom is 0.317 e. The lowest BCUT2D eigenvalue weighted by Crippen LogP contribution is -2.45. The van der Waals surface area contributed by atoms with Gasteiger partial charge in [-0.05, 0) is 43.4 Å². The second kappa shape index (κ2) is 7.45. The molecule has 0 saturated carbocycles. The molecule has 0 aromatic carbocycles. The molecule has 2 N–H and O–H groups in total. The zero-order chi connectivity index (χ0) is 16.1. The Morgan fingerprint density at radius 2 is 2.18 bits per heavy atom. The van der Waals surface area contributed by atoms with Gasteiger partial charge < -0.3 is 20.2 Å². The summed E-state index contributed by atoms with van der Waals surface area (Å²) in [4.78, 5) is 20.2. The molecule has 1 aromatic rings. The van der Waals surface area contributed by atoms with Crippen molar-refractivity contribution in [2.24, 2.45) is 5.92 Å². The lowest BCUT2D eigenvalue weighted by Gasteiger charge is -2.33. The number of rotatable bonds is 4. The van der Waals surface area contributed by atoms with Gasteiger partial charge in [-0.3, -0.25) is 0 Å². The molecule has 1 aromatic heterocycles. The molecular formula is C16H26N4O2. The molecule has 1 aliphatic heterocycles. The summed E-state index contributed by atoms with van der Waals surface area (Å²) in [5.74, 6) is 1.19. The highest BCUT2D eigenvalue weighted by atomic mass is 16.3. The predicted octanol–water partition coefficient (Wildman–Crippen LogP) is 1.45. The number of aliphatic hydroxyl groups is 1. The lowest BCUT2D eigenvalue weighted by molar-refractivity contribution is 0.0798. The number of aliphatic hydroxyl groups excluding tert-OH is 1. The van der Waals surface area contributed by atoms with Crippen LogP contribution in [0, 0.1) is 5.92 Å². The second-order valence-electron chi connectivity index (χ2n) is 6.14. The first kappa shape index (κ1) is 16.5. The predicted molar refractivity (Wildman–Crippen MR) is 86.8 cm³/mol. The van der Waals surface area contributed by atoms with Crippen molar-refractivity contribution in [1.29, 1.82) is 0 Å². The van der Waals surface area contributed by atoms with E-state index < -0.39 is 0 Å². The summed E-state index contributed by atoms with van der Waals surface area (Å²) in [5, 5.41) is 12.6. The van der Waals surface area contributed by atoms with Gasteiger partial charge in [0.05, 0.1) is 6.10 Å². The molecule has 1 saturated heterocycles. The molecule has 22 heavy (non-hydrogen) atoms. The monoisotopic (exact) mass is 306 g/mol. The first-order chi connectivity index (χ1) is 10.5. The number of piperidine rings is 1. The number of amides is 2. The van der Waals surface area contributed by atoms with E-state index in [9.17, 15) is 9.90 Å². The average molecular weight is 306 g/mol. The third-order valence-electron chi connectivity index (χ3n) is 4.22. The second-order valence-corrected chi connectivity index (χ2v) is 6.14. The molecule has 2 rings (SSSR count). The fourth-order valence-electron chi connectivity index (χ4n) is 2.69. The topological polar surface area (TPSA) is 68.7 Å². The van der Waals surface area contributed by atoms with Crippen molar-refractivity contribution < 1.29 is 9.90 Å². The van der Waals surface area contributed by atoms with Crippen LogP contribution in [0.5, 0.6) is 0 Å². The summed E-state index contributed by atoms with van der Waals surface area (Å²) in [6.07, 6.45) is 3.20. The van der Waals surface area contributed by atoms with E-state index in [-0.39, 0.29) is 12.1 Å². The number of nitrogens with one attached hydrogen (secondary N) is 1. The number of hydrogen-bond donors (Lipinski definition) is 2. The average Bonchev–Trinajstić information content (AvgIpc) is 2.53. The summed E-state index contributed by atoms with van der Waals surface area (Å²) in [6, 6.07) is 3.85. The van der Waals surface area contributed by atoms with Crippen LogP contribution in [0.3, 0.4) is 0 Å². The fourth-order valence-corrected chi connectivity index (χ4v) is 2.69. The van der Waals surface area contributed by atoms with Crippen molar-refractivity contribution in [3.63, 3.8) is 0 Å². The van der Waals surface area contributed by atoms with E-state index in [2.05, 4.69) is 10.3 Å². The van der Waals surface area contributed by atoms with Gasteiger partial charge in [-0.25, -0.2) is 9.78 Å². The number of pyridine rings is 1. The third kappa shape index (κ3) is 4.34. The summed E-state index contributed by atoms with van der Waals surface area (Å²) in [5.41, 5.74) is 1.03. The highest BCUT2D eigenvalue weighted by Gasteiger charge is 2.25. The van der Waals surface area contributed by atoms with Gasteiger partial charge in [0.25, 0.3) is 0 Å². The van der Waals surface area contributed by atoms with Crippen molar-refractivity contribution in [3.8, 4) is 0 Å². The van der Waals surface area contributed by atoms with E-state index in [4.69, 9.17) is 0 Å². The van der Waals surface area contributed by atoms with Gasteiger partial charge in [-0.2, -0.15) is 0 Å². The zero-order valence-corrected chi connectivity index (χ0v) is 13.6. The van der Waals surface area contributed by atoms with Gasteiger partial charge in [-0.15, -0.1) is 0 Å². The first-order valence-corrected chi connectivity index (χ1v) is 7.80. The minimum atomic E-state index is -0.286. The normalized spacial score (nSPS) is 17.2. The molecule has 0 spiro atoms. The summed E-state index contributed by atoms with van der Waals surface area (Å²) < 4.78 is 0. The standard InChI is InChI=1S/C16H26N4O2/c1-12(21)14-5-8-20(9-6-14)16(22)18-11-13-4-7-17-15(10-13)19(2)3/h4,7,10,12,14,21H,5-6,8-9,11H2,1-3H3,(H,18,22). The zero-order valence-electron chi connectivity index (χ0n) is 13.6. The number of nitrogens with zero attached hydrogens (tertiary/aromatic N) is 3. The van der Waals surface area contributed by atoms with Crippen molar-refractivity contribution in [3.05, 3.63) is 23.9 Å². The molecule has 0 bridgehead atoms. The van der Waals surface area contributed by atoms with Crippen LogP contribution in [-0.4, -0.2) is 54.3 Å². The molecule has 122 valence electrons. The minimum absolute atomic E-state index is 0.0349. The molecule has 0 aliphatic carbocycles. The lowest BCUT2D eigenvalue weighted by atomic mass is 9.92. The summed E-state index contributed by atoms with van der Waals surface area (Å²) in [6.45, 7) is 3.74. The van der Waals surface area contributed by atoms with Crippen molar-refractivity contribution in [1.82, 2.24) is 15.2 Å². The van der Waals surface area contributed by atoms with Crippen LogP contribution >= 0.6 is 0 Å². The number of urea groups is 1. The molecule has 6 nitrogen and oxygen atoms in total. The van der Waals surface area contributed by atoms with Gasteiger partial charge in [0.15, 0.2) is 0 Å². The van der Waals surface area contributed by atoms with E-state index in [0.29, 0.717) is 25.6 Å². The van der Waals surface area contributed by atoms with Crippen molar-refractivity contribution in [2.75, 3.05) is 32.1 Å². The Kier molecular flexibility index (Phi) is 5.60. The van der Waals surface area contributed by atoms with Crippen molar-refractivity contribution >= 4 is 11.8 Å². The molecule has 1 aliphatic rings. The number of aromatic nitrogens is 1. The number of carbonyl (C=O) groups is 1. The van der Waals surface area contributed by atoms with Crippen LogP contribution in [0.25, 0.3) is 0 Å². The van der Waals surface area contributed by atoms with Gasteiger partial charge in [0.2, 0.25) is 0 Å². The van der Waals surface area contributed by atoms with E-state index in [1.165, 1.54) is 0 Å². The summed E-state index contributed by atoms with van der Waals surface area (Å²) in [7, 11) is 3.88. The fraction of sp³-hybridized carbons (Fsp3) is 0.625. The minimum Gasteiger partial charge on any atom is -0.393 e. The van der Waals surface area contributed by atoms with Crippen LogP contribution in [-0.2, 0) is 6.54 Å². The number of likely N-dealkylation sites (tertiary alicyclic amines) is 1. The molecule has 0 radical (unpaired) electrons. The number of hydrogen-bond acceptors (Lipinski definition) is 4. The molecule has 1 fully saturated rings. The third-order valence-corrected chi connectivity index (χ3v) is 4.22. The first-order valence-electron chi connectivity index (χ1n) is 7.80. The van der Waals surface area contributed by atoms with Crippen molar-refractivity contribution in [2.45, 2.75) is 32.4 Å². The maximum absolute atomic E-state index is 12.2. The Bertz CT molecular complexity index is 497. The van der Waals surface area contributed by atoms with E-state index in [1.807, 2.05) is 43.0 Å². The number of carbonyl (C=O) groups excluding carboxylic acids is 1. The van der Waals surface area contributed by atoms with Crippen LogP contribution in [0.15, 0.2) is 18.3 Å². The van der Waals surface area contributed by atoms with Gasteiger partial charge in [0, 0.05) is 39.9 Å². The highest BCUT2D eigenvalue weighted by molar-refractivity contribution is 5.74.